The fraction of sp³-hybridized carbons (Fsp3) is 0.500. The standard InChI is InChI=1S/C12H18N4O5S.ClH/c13-22(19,20)8-9-1-2-11(12(5-9)16(17)18)15-7-10-6-14-3-4-21-10;/h1-2,5,10,14-15H,3-4,6-8H2,(H2,13,19,20);1H. The molecule has 0 bridgehead atoms. The summed E-state index contributed by atoms with van der Waals surface area (Å²) in [5, 5.41) is 22.2. The van der Waals surface area contributed by atoms with Crippen LogP contribution in [0.4, 0.5) is 11.4 Å². The fourth-order valence-electron chi connectivity index (χ4n) is 2.17. The van der Waals surface area contributed by atoms with Gasteiger partial charge in [0, 0.05) is 25.7 Å². The summed E-state index contributed by atoms with van der Waals surface area (Å²) in [6.45, 7) is 2.48. The number of morpholine rings is 1. The van der Waals surface area contributed by atoms with Crippen LogP contribution in [0.25, 0.3) is 0 Å². The molecule has 2 rings (SSSR count). The third-order valence-electron chi connectivity index (χ3n) is 3.15. The number of primary sulfonamides is 1. The highest BCUT2D eigenvalue weighted by Gasteiger charge is 2.19. The van der Waals surface area contributed by atoms with Crippen LogP contribution in [0.3, 0.4) is 0 Å². The maximum atomic E-state index is 11.1. The number of anilines is 1. The second-order valence-electron chi connectivity index (χ2n) is 4.99. The molecule has 1 unspecified atom stereocenters. The first-order valence-corrected chi connectivity index (χ1v) is 8.41. The van der Waals surface area contributed by atoms with Crippen molar-refractivity contribution in [1.82, 2.24) is 5.32 Å². The summed E-state index contributed by atoms with van der Waals surface area (Å²) >= 11 is 0. The number of nitro groups is 1. The van der Waals surface area contributed by atoms with Crippen LogP contribution >= 0.6 is 12.4 Å². The van der Waals surface area contributed by atoms with Gasteiger partial charge in [0.05, 0.1) is 23.4 Å². The second-order valence-corrected chi connectivity index (χ2v) is 6.61. The van der Waals surface area contributed by atoms with Crippen molar-refractivity contribution in [1.29, 1.82) is 0 Å². The molecule has 9 nitrogen and oxygen atoms in total. The van der Waals surface area contributed by atoms with E-state index in [1.54, 1.807) is 0 Å². The molecule has 1 aliphatic heterocycles. The van der Waals surface area contributed by atoms with E-state index in [9.17, 15) is 18.5 Å². The van der Waals surface area contributed by atoms with Gasteiger partial charge in [0.1, 0.15) is 5.69 Å². The number of nitrogens with zero attached hydrogens (tertiary/aromatic N) is 1. The zero-order chi connectivity index (χ0) is 16.2. The maximum Gasteiger partial charge on any atom is 0.292 e. The van der Waals surface area contributed by atoms with Crippen LogP contribution in [-0.4, -0.2) is 45.7 Å². The third kappa shape index (κ3) is 6.28. The Hall–Kier alpha value is -1.46. The fourth-order valence-corrected chi connectivity index (χ4v) is 2.82. The molecule has 1 atom stereocenters. The van der Waals surface area contributed by atoms with Gasteiger partial charge in [0.2, 0.25) is 10.0 Å². The number of nitro benzene ring substituents is 1. The predicted molar refractivity (Wildman–Crippen MR) is 88.3 cm³/mol. The largest absolute Gasteiger partial charge is 0.377 e. The number of hydrogen-bond acceptors (Lipinski definition) is 7. The summed E-state index contributed by atoms with van der Waals surface area (Å²) in [4.78, 5) is 10.6. The topological polar surface area (TPSA) is 137 Å². The van der Waals surface area contributed by atoms with E-state index < -0.39 is 20.7 Å². The molecule has 1 fully saturated rings. The first-order chi connectivity index (χ1) is 10.3. The van der Waals surface area contributed by atoms with Crippen molar-refractivity contribution in [2.24, 2.45) is 5.14 Å². The van der Waals surface area contributed by atoms with Crippen LogP contribution in [0.1, 0.15) is 5.56 Å². The molecule has 4 N–H and O–H groups in total. The van der Waals surface area contributed by atoms with Crippen molar-refractivity contribution in [2.45, 2.75) is 11.9 Å². The van der Waals surface area contributed by atoms with Gasteiger partial charge in [-0.25, -0.2) is 13.6 Å². The third-order valence-corrected chi connectivity index (χ3v) is 3.89. The molecule has 0 aliphatic carbocycles. The Morgan fingerprint density at radius 1 is 1.48 bits per heavy atom. The van der Waals surface area contributed by atoms with Crippen LogP contribution in [0.5, 0.6) is 0 Å². The van der Waals surface area contributed by atoms with Crippen molar-refractivity contribution >= 4 is 33.8 Å². The summed E-state index contributed by atoms with van der Waals surface area (Å²) < 4.78 is 27.6. The van der Waals surface area contributed by atoms with Crippen LogP contribution in [0, 0.1) is 10.1 Å². The van der Waals surface area contributed by atoms with Crippen molar-refractivity contribution < 1.29 is 18.1 Å². The van der Waals surface area contributed by atoms with Crippen LogP contribution < -0.4 is 15.8 Å². The molecular weight excluding hydrogens is 348 g/mol. The first kappa shape index (κ1) is 19.6. The molecule has 1 aromatic carbocycles. The van der Waals surface area contributed by atoms with E-state index in [-0.39, 0.29) is 29.8 Å². The Morgan fingerprint density at radius 3 is 2.78 bits per heavy atom. The summed E-state index contributed by atoms with van der Waals surface area (Å²) in [7, 11) is -3.73. The monoisotopic (exact) mass is 366 g/mol. The Kier molecular flexibility index (Phi) is 7.16. The van der Waals surface area contributed by atoms with Gasteiger partial charge in [0.25, 0.3) is 5.69 Å². The molecule has 0 spiro atoms. The zero-order valence-electron chi connectivity index (χ0n) is 12.2. The van der Waals surface area contributed by atoms with Crippen molar-refractivity contribution in [3.05, 3.63) is 33.9 Å². The molecule has 23 heavy (non-hydrogen) atoms. The van der Waals surface area contributed by atoms with Crippen LogP contribution in [0.2, 0.25) is 0 Å². The average Bonchev–Trinajstić information content (AvgIpc) is 2.45. The first-order valence-electron chi connectivity index (χ1n) is 6.69. The van der Waals surface area contributed by atoms with Crippen molar-refractivity contribution in [3.8, 4) is 0 Å². The van der Waals surface area contributed by atoms with E-state index in [2.05, 4.69) is 10.6 Å². The van der Waals surface area contributed by atoms with E-state index >= 15 is 0 Å². The van der Waals surface area contributed by atoms with Gasteiger partial charge < -0.3 is 15.4 Å². The van der Waals surface area contributed by atoms with Crippen LogP contribution in [0.15, 0.2) is 18.2 Å². The lowest BCUT2D eigenvalue weighted by molar-refractivity contribution is -0.384. The predicted octanol–water partition coefficient (Wildman–Crippen LogP) is 0.205. The van der Waals surface area contributed by atoms with E-state index in [0.717, 1.165) is 6.54 Å². The second kappa shape index (κ2) is 8.41. The highest BCUT2D eigenvalue weighted by molar-refractivity contribution is 7.88. The van der Waals surface area contributed by atoms with Crippen molar-refractivity contribution in [2.75, 3.05) is 31.6 Å². The number of hydrogen-bond donors (Lipinski definition) is 3. The highest BCUT2D eigenvalue weighted by atomic mass is 35.5. The zero-order valence-corrected chi connectivity index (χ0v) is 13.9. The van der Waals surface area contributed by atoms with Gasteiger partial charge in [-0.1, -0.05) is 6.07 Å². The number of benzene rings is 1. The minimum Gasteiger partial charge on any atom is -0.377 e. The van der Waals surface area contributed by atoms with E-state index in [0.29, 0.717) is 25.4 Å². The quantitative estimate of drug-likeness (QED) is 0.483. The lowest BCUT2D eigenvalue weighted by atomic mass is 10.2. The van der Waals surface area contributed by atoms with Gasteiger partial charge in [-0.15, -0.1) is 12.4 Å². The Morgan fingerprint density at radius 2 is 2.22 bits per heavy atom. The van der Waals surface area contributed by atoms with E-state index in [4.69, 9.17) is 9.88 Å². The SMILES string of the molecule is Cl.NS(=O)(=O)Cc1ccc(NCC2CNCCO2)c([N+](=O)[O-])c1. The molecule has 1 saturated heterocycles. The van der Waals surface area contributed by atoms with E-state index in [1.807, 2.05) is 0 Å². The Bertz CT molecular complexity index is 649. The van der Waals surface area contributed by atoms with Crippen LogP contribution in [-0.2, 0) is 20.5 Å². The summed E-state index contributed by atoms with van der Waals surface area (Å²) in [5.41, 5.74) is 0.401. The number of rotatable bonds is 6. The Labute approximate surface area is 140 Å². The number of ether oxygens (including phenoxy) is 1. The molecule has 1 aliphatic rings. The molecule has 1 heterocycles. The number of halogens is 1. The number of nitrogens with one attached hydrogen (secondary N) is 2. The molecule has 0 aromatic heterocycles. The van der Waals surface area contributed by atoms with E-state index in [1.165, 1.54) is 18.2 Å². The molecule has 130 valence electrons. The molecular formula is C12H19ClN4O5S. The summed E-state index contributed by atoms with van der Waals surface area (Å²) in [6.07, 6.45) is -0.0718. The lowest BCUT2D eigenvalue weighted by Gasteiger charge is -2.24. The molecule has 0 saturated carbocycles. The number of sulfonamides is 1. The van der Waals surface area contributed by atoms with Gasteiger partial charge in [-0.3, -0.25) is 10.1 Å². The smallest absolute Gasteiger partial charge is 0.292 e. The normalized spacial score (nSPS) is 18.0. The van der Waals surface area contributed by atoms with Gasteiger partial charge >= 0.3 is 0 Å². The van der Waals surface area contributed by atoms with Crippen molar-refractivity contribution in [3.63, 3.8) is 0 Å². The summed E-state index contributed by atoms with van der Waals surface area (Å²) in [5.74, 6) is -0.441. The maximum absolute atomic E-state index is 11.1. The summed E-state index contributed by atoms with van der Waals surface area (Å²) in [6, 6.07) is 4.20. The minimum atomic E-state index is -3.73. The molecule has 11 heteroatoms. The average molecular weight is 367 g/mol. The van der Waals surface area contributed by atoms with Gasteiger partial charge in [0.15, 0.2) is 0 Å². The highest BCUT2D eigenvalue weighted by Crippen LogP contribution is 2.26. The lowest BCUT2D eigenvalue weighted by Crippen LogP contribution is -2.42. The molecule has 1 aromatic rings. The van der Waals surface area contributed by atoms with Gasteiger partial charge in [-0.2, -0.15) is 0 Å². The number of nitrogens with two attached hydrogens (primary N) is 1. The molecule has 0 radical (unpaired) electrons. The minimum absolute atomic E-state index is 0. The molecule has 0 amide bonds. The Balaban J connectivity index is 0.00000264. The van der Waals surface area contributed by atoms with Gasteiger partial charge in [-0.05, 0) is 11.6 Å².